The number of piperazine rings is 1. The molecule has 3 aliphatic heterocycles. The predicted octanol–water partition coefficient (Wildman–Crippen LogP) is 2.33. The molecule has 3 aliphatic rings. The summed E-state index contributed by atoms with van der Waals surface area (Å²) in [5.74, 6) is 1.40. The third kappa shape index (κ3) is 4.17. The van der Waals surface area contributed by atoms with E-state index in [1.807, 2.05) is 64.4 Å². The zero-order valence-electron chi connectivity index (χ0n) is 18.2. The summed E-state index contributed by atoms with van der Waals surface area (Å²) in [5.41, 5.74) is 1.02. The lowest BCUT2D eigenvalue weighted by Gasteiger charge is -2.41. The smallest absolute Gasteiger partial charge is 0.267 e. The molecule has 0 bridgehead atoms. The molecule has 7 nitrogen and oxygen atoms in total. The zero-order valence-corrected chi connectivity index (χ0v) is 18.2. The number of ether oxygens (including phenoxy) is 2. The minimum Gasteiger partial charge on any atom is -0.485 e. The molecule has 2 fully saturated rings. The van der Waals surface area contributed by atoms with Gasteiger partial charge in [0, 0.05) is 39.3 Å². The summed E-state index contributed by atoms with van der Waals surface area (Å²) in [5, 5.41) is 0. The lowest BCUT2D eigenvalue weighted by molar-refractivity contribution is -0.144. The van der Waals surface area contributed by atoms with E-state index in [9.17, 15) is 9.59 Å². The van der Waals surface area contributed by atoms with E-state index in [4.69, 9.17) is 9.47 Å². The van der Waals surface area contributed by atoms with Crippen LogP contribution in [-0.4, -0.2) is 78.5 Å². The Morgan fingerprint density at radius 2 is 1.44 bits per heavy atom. The maximum absolute atomic E-state index is 13.4. The number of rotatable bonds is 4. The number of carbonyl (C=O) groups excluding carboxylic acids is 2. The number of hydrogen-bond donors (Lipinski definition) is 0. The molecule has 168 valence electrons. The Morgan fingerprint density at radius 3 is 2.16 bits per heavy atom. The summed E-state index contributed by atoms with van der Waals surface area (Å²) in [6.07, 6.45) is 1.51. The van der Waals surface area contributed by atoms with Gasteiger partial charge in [0.2, 0.25) is 12.0 Å². The SMILES string of the molecule is O=C(C1COc2ccccc2O1)N1CCN(C(C(=O)N2CCCC2)c2ccccc2)CC1. The van der Waals surface area contributed by atoms with Crippen LogP contribution >= 0.6 is 0 Å². The van der Waals surface area contributed by atoms with Gasteiger partial charge in [0.05, 0.1) is 0 Å². The van der Waals surface area contributed by atoms with Gasteiger partial charge in [-0.3, -0.25) is 14.5 Å². The third-order valence-corrected chi connectivity index (χ3v) is 6.54. The van der Waals surface area contributed by atoms with Crippen molar-refractivity contribution in [3.63, 3.8) is 0 Å². The lowest BCUT2D eigenvalue weighted by atomic mass is 10.0. The topological polar surface area (TPSA) is 62.3 Å². The fraction of sp³-hybridized carbons (Fsp3) is 0.440. The molecular formula is C25H29N3O4. The van der Waals surface area contributed by atoms with Crippen LogP contribution in [0.1, 0.15) is 24.4 Å². The number of fused-ring (bicyclic) bond motifs is 1. The third-order valence-electron chi connectivity index (χ3n) is 6.54. The Kier molecular flexibility index (Phi) is 5.99. The molecule has 0 N–H and O–H groups in total. The van der Waals surface area contributed by atoms with Gasteiger partial charge in [-0.1, -0.05) is 42.5 Å². The van der Waals surface area contributed by atoms with Crippen LogP contribution in [0.4, 0.5) is 0 Å². The maximum atomic E-state index is 13.4. The van der Waals surface area contributed by atoms with Crippen molar-refractivity contribution in [2.45, 2.75) is 25.0 Å². The molecule has 3 heterocycles. The fourth-order valence-corrected chi connectivity index (χ4v) is 4.80. The van der Waals surface area contributed by atoms with Crippen LogP contribution in [0.5, 0.6) is 11.5 Å². The van der Waals surface area contributed by atoms with Crippen molar-refractivity contribution < 1.29 is 19.1 Å². The molecule has 2 amide bonds. The lowest BCUT2D eigenvalue weighted by Crippen LogP contribution is -2.56. The normalized spacial score (nSPS) is 21.9. The van der Waals surface area contributed by atoms with E-state index < -0.39 is 6.10 Å². The van der Waals surface area contributed by atoms with Gasteiger partial charge in [-0.2, -0.15) is 0 Å². The fourth-order valence-electron chi connectivity index (χ4n) is 4.80. The van der Waals surface area contributed by atoms with Gasteiger partial charge < -0.3 is 19.3 Å². The van der Waals surface area contributed by atoms with Gasteiger partial charge in [0.15, 0.2) is 11.5 Å². The van der Waals surface area contributed by atoms with Crippen molar-refractivity contribution >= 4 is 11.8 Å². The van der Waals surface area contributed by atoms with Crippen LogP contribution in [0.15, 0.2) is 54.6 Å². The van der Waals surface area contributed by atoms with Crippen LogP contribution in [0.25, 0.3) is 0 Å². The van der Waals surface area contributed by atoms with Crippen molar-refractivity contribution in [3.8, 4) is 11.5 Å². The second-order valence-electron chi connectivity index (χ2n) is 8.57. The average molecular weight is 436 g/mol. The van der Waals surface area contributed by atoms with Gasteiger partial charge in [-0.15, -0.1) is 0 Å². The van der Waals surface area contributed by atoms with Gasteiger partial charge in [0.1, 0.15) is 12.6 Å². The number of para-hydroxylation sites is 2. The van der Waals surface area contributed by atoms with E-state index in [1.54, 1.807) is 0 Å². The number of likely N-dealkylation sites (tertiary alicyclic amines) is 1. The largest absolute Gasteiger partial charge is 0.485 e. The van der Waals surface area contributed by atoms with E-state index >= 15 is 0 Å². The van der Waals surface area contributed by atoms with E-state index in [-0.39, 0.29) is 24.5 Å². The highest BCUT2D eigenvalue weighted by Crippen LogP contribution is 2.32. The van der Waals surface area contributed by atoms with Crippen LogP contribution in [0.3, 0.4) is 0 Å². The summed E-state index contributed by atoms with van der Waals surface area (Å²) < 4.78 is 11.6. The minimum atomic E-state index is -0.632. The van der Waals surface area contributed by atoms with E-state index in [0.29, 0.717) is 37.7 Å². The van der Waals surface area contributed by atoms with E-state index in [1.165, 1.54) is 0 Å². The zero-order chi connectivity index (χ0) is 21.9. The van der Waals surface area contributed by atoms with E-state index in [0.717, 1.165) is 31.5 Å². The highest BCUT2D eigenvalue weighted by molar-refractivity contribution is 5.84. The number of benzene rings is 2. The van der Waals surface area contributed by atoms with Crippen LogP contribution in [-0.2, 0) is 9.59 Å². The number of amides is 2. The highest BCUT2D eigenvalue weighted by atomic mass is 16.6. The summed E-state index contributed by atoms with van der Waals surface area (Å²) in [6.45, 7) is 4.32. The molecule has 0 aliphatic carbocycles. The van der Waals surface area contributed by atoms with Crippen molar-refractivity contribution in [1.82, 2.24) is 14.7 Å². The maximum Gasteiger partial charge on any atom is 0.267 e. The molecule has 2 atom stereocenters. The molecule has 0 radical (unpaired) electrons. The Labute approximate surface area is 188 Å². The van der Waals surface area contributed by atoms with Gasteiger partial charge in [-0.05, 0) is 30.5 Å². The van der Waals surface area contributed by atoms with Crippen molar-refractivity contribution in [2.24, 2.45) is 0 Å². The van der Waals surface area contributed by atoms with E-state index in [2.05, 4.69) is 4.90 Å². The average Bonchev–Trinajstić information content (AvgIpc) is 3.40. The number of nitrogens with zero attached hydrogens (tertiary/aromatic N) is 3. The van der Waals surface area contributed by atoms with Crippen molar-refractivity contribution in [2.75, 3.05) is 45.9 Å². The van der Waals surface area contributed by atoms with Crippen LogP contribution < -0.4 is 9.47 Å². The number of carbonyl (C=O) groups is 2. The predicted molar refractivity (Wildman–Crippen MR) is 120 cm³/mol. The molecule has 0 spiro atoms. The standard InChI is InChI=1S/C25H29N3O4/c29-24(22-18-31-20-10-4-5-11-21(20)32-22)28-16-14-26(15-17-28)23(19-8-2-1-3-9-19)25(30)27-12-6-7-13-27/h1-5,8-11,22-23H,6-7,12-18H2. The molecule has 32 heavy (non-hydrogen) atoms. The minimum absolute atomic E-state index is 0.0544. The first-order chi connectivity index (χ1) is 15.7. The summed E-state index contributed by atoms with van der Waals surface area (Å²) in [6, 6.07) is 17.1. The first-order valence-corrected chi connectivity index (χ1v) is 11.5. The van der Waals surface area contributed by atoms with Gasteiger partial charge in [0.25, 0.3) is 5.91 Å². The molecule has 0 aromatic heterocycles. The quantitative estimate of drug-likeness (QED) is 0.738. The Morgan fingerprint density at radius 1 is 0.781 bits per heavy atom. The molecule has 2 aromatic rings. The van der Waals surface area contributed by atoms with Gasteiger partial charge >= 0.3 is 0 Å². The summed E-state index contributed by atoms with van der Waals surface area (Å²) in [4.78, 5) is 32.5. The molecule has 2 saturated heterocycles. The first kappa shape index (κ1) is 20.8. The van der Waals surface area contributed by atoms with Crippen LogP contribution in [0, 0.1) is 0 Å². The second-order valence-corrected chi connectivity index (χ2v) is 8.57. The monoisotopic (exact) mass is 435 g/mol. The van der Waals surface area contributed by atoms with Crippen LogP contribution in [0.2, 0.25) is 0 Å². The Bertz CT molecular complexity index is 953. The van der Waals surface area contributed by atoms with Crippen molar-refractivity contribution in [1.29, 1.82) is 0 Å². The number of hydrogen-bond acceptors (Lipinski definition) is 5. The summed E-state index contributed by atoms with van der Waals surface area (Å²) >= 11 is 0. The Hall–Kier alpha value is -3.06. The molecule has 7 heteroatoms. The summed E-state index contributed by atoms with van der Waals surface area (Å²) in [7, 11) is 0. The first-order valence-electron chi connectivity index (χ1n) is 11.5. The highest BCUT2D eigenvalue weighted by Gasteiger charge is 2.37. The molecule has 2 aromatic carbocycles. The molecular weight excluding hydrogens is 406 g/mol. The molecule has 2 unspecified atom stereocenters. The van der Waals surface area contributed by atoms with Gasteiger partial charge in [-0.25, -0.2) is 0 Å². The molecule has 0 saturated carbocycles. The second kappa shape index (κ2) is 9.20. The Balaban J connectivity index is 1.25. The molecule has 5 rings (SSSR count). The van der Waals surface area contributed by atoms with Crippen molar-refractivity contribution in [3.05, 3.63) is 60.2 Å².